The molecule has 2 nitrogen and oxygen atoms in total. The van der Waals surface area contributed by atoms with E-state index in [1.54, 1.807) is 37.3 Å². The Balaban J connectivity index is 2.33. The smallest absolute Gasteiger partial charge is 0.133 e. The molecule has 0 fully saturated rings. The summed E-state index contributed by atoms with van der Waals surface area (Å²) in [6.07, 6.45) is 0. The van der Waals surface area contributed by atoms with Crippen LogP contribution >= 0.6 is 11.6 Å². The van der Waals surface area contributed by atoms with Crippen LogP contribution in [-0.2, 0) is 6.54 Å². The van der Waals surface area contributed by atoms with Gasteiger partial charge in [-0.25, -0.2) is 4.39 Å². The number of hydrogen-bond acceptors (Lipinski definition) is 2. The molecule has 0 amide bonds. The average Bonchev–Trinajstić information content (AvgIpc) is 2.34. The molecular weight excluding hydrogens is 253 g/mol. The number of rotatable bonds is 3. The minimum absolute atomic E-state index is 0.302. The molecule has 0 unspecified atom stereocenters. The fourth-order valence-electron chi connectivity index (χ4n) is 1.56. The van der Waals surface area contributed by atoms with E-state index in [9.17, 15) is 4.39 Å². The van der Waals surface area contributed by atoms with E-state index in [0.29, 0.717) is 28.6 Å². The number of halogens is 2. The minimum atomic E-state index is -0.302. The van der Waals surface area contributed by atoms with Crippen LogP contribution in [0, 0.1) is 12.7 Å². The summed E-state index contributed by atoms with van der Waals surface area (Å²) in [4.78, 5) is 0. The standard InChI is InChI=1S/C14H13ClFNO/c1-9-2-5-12(7-13(9)16)18-14-6-11(15)4-3-10(14)8-17/h2-7H,8,17H2,1H3. The van der Waals surface area contributed by atoms with Gasteiger partial charge >= 0.3 is 0 Å². The number of aryl methyl sites for hydroxylation is 1. The third-order valence-electron chi connectivity index (χ3n) is 2.62. The maximum atomic E-state index is 13.4. The summed E-state index contributed by atoms with van der Waals surface area (Å²) >= 11 is 5.90. The van der Waals surface area contributed by atoms with E-state index in [-0.39, 0.29) is 5.82 Å². The van der Waals surface area contributed by atoms with Crippen molar-refractivity contribution in [2.45, 2.75) is 13.5 Å². The van der Waals surface area contributed by atoms with E-state index in [1.165, 1.54) is 6.07 Å². The summed E-state index contributed by atoms with van der Waals surface area (Å²) in [7, 11) is 0. The predicted octanol–water partition coefficient (Wildman–Crippen LogP) is 4.04. The second-order valence-corrected chi connectivity index (χ2v) is 4.41. The summed E-state index contributed by atoms with van der Waals surface area (Å²) < 4.78 is 19.0. The zero-order valence-electron chi connectivity index (χ0n) is 9.91. The highest BCUT2D eigenvalue weighted by Crippen LogP contribution is 2.29. The molecule has 0 radical (unpaired) electrons. The maximum absolute atomic E-state index is 13.4. The molecule has 0 aliphatic heterocycles. The molecule has 18 heavy (non-hydrogen) atoms. The molecule has 94 valence electrons. The van der Waals surface area contributed by atoms with Crippen LogP contribution in [0.15, 0.2) is 36.4 Å². The Labute approximate surface area is 110 Å². The van der Waals surface area contributed by atoms with E-state index in [4.69, 9.17) is 22.1 Å². The predicted molar refractivity (Wildman–Crippen MR) is 70.6 cm³/mol. The van der Waals surface area contributed by atoms with Gasteiger partial charge in [0, 0.05) is 23.2 Å². The number of ether oxygens (including phenoxy) is 1. The molecule has 0 aromatic heterocycles. The molecule has 2 N–H and O–H groups in total. The van der Waals surface area contributed by atoms with Gasteiger partial charge in [0.1, 0.15) is 17.3 Å². The van der Waals surface area contributed by atoms with Crippen molar-refractivity contribution in [2.24, 2.45) is 5.73 Å². The highest BCUT2D eigenvalue weighted by Gasteiger charge is 2.06. The van der Waals surface area contributed by atoms with Crippen molar-refractivity contribution >= 4 is 11.6 Å². The van der Waals surface area contributed by atoms with Gasteiger partial charge in [-0.15, -0.1) is 0 Å². The van der Waals surface area contributed by atoms with Crippen molar-refractivity contribution in [3.63, 3.8) is 0 Å². The minimum Gasteiger partial charge on any atom is -0.457 e. The Morgan fingerprint density at radius 2 is 2.00 bits per heavy atom. The molecule has 0 atom stereocenters. The van der Waals surface area contributed by atoms with Crippen LogP contribution < -0.4 is 10.5 Å². The van der Waals surface area contributed by atoms with E-state index in [2.05, 4.69) is 0 Å². The van der Waals surface area contributed by atoms with Crippen LogP contribution in [0.25, 0.3) is 0 Å². The lowest BCUT2D eigenvalue weighted by Crippen LogP contribution is -1.99. The lowest BCUT2D eigenvalue weighted by atomic mass is 10.2. The largest absolute Gasteiger partial charge is 0.457 e. The number of hydrogen-bond donors (Lipinski definition) is 1. The molecule has 0 aliphatic carbocycles. The second kappa shape index (κ2) is 5.38. The Hall–Kier alpha value is -1.58. The van der Waals surface area contributed by atoms with Crippen LogP contribution in [0.3, 0.4) is 0 Å². The topological polar surface area (TPSA) is 35.2 Å². The summed E-state index contributed by atoms with van der Waals surface area (Å²) in [6, 6.07) is 9.92. The zero-order valence-corrected chi connectivity index (χ0v) is 10.7. The highest BCUT2D eigenvalue weighted by molar-refractivity contribution is 6.30. The van der Waals surface area contributed by atoms with Gasteiger partial charge in [-0.2, -0.15) is 0 Å². The molecule has 0 heterocycles. The monoisotopic (exact) mass is 265 g/mol. The first kappa shape index (κ1) is 12.9. The zero-order chi connectivity index (χ0) is 13.1. The Morgan fingerprint density at radius 1 is 1.22 bits per heavy atom. The first-order valence-corrected chi connectivity index (χ1v) is 5.90. The summed E-state index contributed by atoms with van der Waals surface area (Å²) in [5.41, 5.74) is 7.01. The van der Waals surface area contributed by atoms with Crippen LogP contribution in [0.1, 0.15) is 11.1 Å². The molecule has 2 aromatic carbocycles. The maximum Gasteiger partial charge on any atom is 0.133 e. The van der Waals surface area contributed by atoms with Crippen molar-refractivity contribution in [3.05, 3.63) is 58.4 Å². The van der Waals surface area contributed by atoms with Crippen molar-refractivity contribution in [1.82, 2.24) is 0 Å². The molecule has 2 rings (SSSR count). The Morgan fingerprint density at radius 3 is 2.67 bits per heavy atom. The molecule has 0 saturated heterocycles. The van der Waals surface area contributed by atoms with Crippen molar-refractivity contribution in [2.75, 3.05) is 0 Å². The quantitative estimate of drug-likeness (QED) is 0.909. The summed E-state index contributed by atoms with van der Waals surface area (Å²) in [6.45, 7) is 2.03. The first-order valence-electron chi connectivity index (χ1n) is 5.52. The molecule has 2 aromatic rings. The third-order valence-corrected chi connectivity index (χ3v) is 2.86. The van der Waals surface area contributed by atoms with Crippen LogP contribution in [0.2, 0.25) is 5.02 Å². The van der Waals surface area contributed by atoms with Gasteiger partial charge in [-0.3, -0.25) is 0 Å². The first-order chi connectivity index (χ1) is 8.60. The van der Waals surface area contributed by atoms with E-state index >= 15 is 0 Å². The van der Waals surface area contributed by atoms with E-state index in [0.717, 1.165) is 5.56 Å². The van der Waals surface area contributed by atoms with Gasteiger partial charge in [0.05, 0.1) is 0 Å². The van der Waals surface area contributed by atoms with Gasteiger partial charge in [0.25, 0.3) is 0 Å². The third kappa shape index (κ3) is 2.81. The van der Waals surface area contributed by atoms with Crippen LogP contribution in [0.4, 0.5) is 4.39 Å². The van der Waals surface area contributed by atoms with Crippen LogP contribution in [-0.4, -0.2) is 0 Å². The van der Waals surface area contributed by atoms with Gasteiger partial charge in [0.2, 0.25) is 0 Å². The van der Waals surface area contributed by atoms with Gasteiger partial charge in [0.15, 0.2) is 0 Å². The van der Waals surface area contributed by atoms with E-state index in [1.807, 2.05) is 0 Å². The summed E-state index contributed by atoms with van der Waals surface area (Å²) in [5.74, 6) is 0.673. The molecule has 0 spiro atoms. The lowest BCUT2D eigenvalue weighted by molar-refractivity contribution is 0.470. The van der Waals surface area contributed by atoms with Gasteiger partial charge in [-0.05, 0) is 30.7 Å². The molecular formula is C14H13ClFNO. The number of nitrogens with two attached hydrogens (primary N) is 1. The van der Waals surface area contributed by atoms with E-state index < -0.39 is 0 Å². The Kier molecular flexibility index (Phi) is 3.84. The van der Waals surface area contributed by atoms with Crippen LogP contribution in [0.5, 0.6) is 11.5 Å². The Bertz CT molecular complexity index is 572. The average molecular weight is 266 g/mol. The fourth-order valence-corrected chi connectivity index (χ4v) is 1.72. The lowest BCUT2D eigenvalue weighted by Gasteiger charge is -2.11. The van der Waals surface area contributed by atoms with Crippen molar-refractivity contribution < 1.29 is 9.13 Å². The summed E-state index contributed by atoms with van der Waals surface area (Å²) in [5, 5.41) is 0.551. The molecule has 0 saturated carbocycles. The van der Waals surface area contributed by atoms with Crippen molar-refractivity contribution in [3.8, 4) is 11.5 Å². The van der Waals surface area contributed by atoms with Gasteiger partial charge < -0.3 is 10.5 Å². The molecule has 0 aliphatic rings. The van der Waals surface area contributed by atoms with Crippen molar-refractivity contribution in [1.29, 1.82) is 0 Å². The highest BCUT2D eigenvalue weighted by atomic mass is 35.5. The second-order valence-electron chi connectivity index (χ2n) is 3.97. The van der Waals surface area contributed by atoms with Gasteiger partial charge in [-0.1, -0.05) is 23.7 Å². The number of benzene rings is 2. The molecule has 0 bridgehead atoms. The molecule has 4 heteroatoms. The fraction of sp³-hybridized carbons (Fsp3) is 0.143. The normalized spacial score (nSPS) is 10.4. The SMILES string of the molecule is Cc1ccc(Oc2cc(Cl)ccc2CN)cc1F.